The fourth-order valence-corrected chi connectivity index (χ4v) is 4.85. The Labute approximate surface area is 188 Å². The van der Waals surface area contributed by atoms with Crippen LogP contribution in [0, 0.1) is 6.92 Å². The van der Waals surface area contributed by atoms with Gasteiger partial charge in [-0.1, -0.05) is 42.5 Å². The standard InChI is InChI=1S/C26H28N2O2S/c1-20-9-14-24(31-20)19-28(17-15-21-6-3-2-4-7-21)26(30)23-12-10-22(11-13-23)18-27-16-5-8-25(27)29/h2-4,6-7,9-14H,5,8,15-19H2,1H3. The number of likely N-dealkylation sites (tertiary alicyclic amines) is 1. The minimum atomic E-state index is 0.0470. The molecule has 0 atom stereocenters. The zero-order valence-corrected chi connectivity index (χ0v) is 18.7. The molecular formula is C26H28N2O2S. The van der Waals surface area contributed by atoms with Crippen molar-refractivity contribution in [3.63, 3.8) is 0 Å². The molecule has 1 aromatic heterocycles. The summed E-state index contributed by atoms with van der Waals surface area (Å²) in [5.74, 6) is 0.268. The van der Waals surface area contributed by atoms with Crippen LogP contribution in [0.15, 0.2) is 66.7 Å². The third-order valence-electron chi connectivity index (χ3n) is 5.69. The first-order valence-corrected chi connectivity index (χ1v) is 11.7. The molecular weight excluding hydrogens is 404 g/mol. The molecule has 3 aromatic rings. The van der Waals surface area contributed by atoms with Crippen LogP contribution in [0.3, 0.4) is 0 Å². The highest BCUT2D eigenvalue weighted by molar-refractivity contribution is 7.11. The van der Waals surface area contributed by atoms with E-state index in [1.165, 1.54) is 15.3 Å². The normalized spacial score (nSPS) is 13.6. The number of hydrogen-bond acceptors (Lipinski definition) is 3. The largest absolute Gasteiger partial charge is 0.338 e. The van der Waals surface area contributed by atoms with Gasteiger partial charge in [0, 0.05) is 41.4 Å². The molecule has 2 aromatic carbocycles. The van der Waals surface area contributed by atoms with Crippen LogP contribution in [0.2, 0.25) is 0 Å². The Morgan fingerprint density at radius 3 is 2.42 bits per heavy atom. The maximum absolute atomic E-state index is 13.4. The van der Waals surface area contributed by atoms with Gasteiger partial charge >= 0.3 is 0 Å². The second-order valence-electron chi connectivity index (χ2n) is 8.09. The van der Waals surface area contributed by atoms with Gasteiger partial charge in [-0.25, -0.2) is 0 Å². The number of rotatable bonds is 8. The van der Waals surface area contributed by atoms with Crippen molar-refractivity contribution in [2.75, 3.05) is 13.1 Å². The number of aryl methyl sites for hydroxylation is 1. The number of thiophene rings is 1. The zero-order chi connectivity index (χ0) is 21.6. The van der Waals surface area contributed by atoms with Crippen molar-refractivity contribution in [1.82, 2.24) is 9.80 Å². The van der Waals surface area contributed by atoms with Gasteiger partial charge in [0.05, 0.1) is 6.54 Å². The summed E-state index contributed by atoms with van der Waals surface area (Å²) in [5.41, 5.74) is 2.99. The smallest absolute Gasteiger partial charge is 0.254 e. The van der Waals surface area contributed by atoms with Crippen LogP contribution >= 0.6 is 11.3 Å². The van der Waals surface area contributed by atoms with E-state index < -0.39 is 0 Å². The number of amides is 2. The first kappa shape index (κ1) is 21.3. The molecule has 1 saturated heterocycles. The highest BCUT2D eigenvalue weighted by Crippen LogP contribution is 2.20. The molecule has 1 aliphatic rings. The van der Waals surface area contributed by atoms with E-state index in [1.807, 2.05) is 52.3 Å². The number of hydrogen-bond donors (Lipinski definition) is 0. The van der Waals surface area contributed by atoms with Crippen molar-refractivity contribution < 1.29 is 9.59 Å². The van der Waals surface area contributed by atoms with Crippen LogP contribution in [0.1, 0.15) is 44.1 Å². The number of carbonyl (C=O) groups is 2. The van der Waals surface area contributed by atoms with Gasteiger partial charge in [0.2, 0.25) is 5.91 Å². The number of nitrogens with zero attached hydrogens (tertiary/aromatic N) is 2. The Hall–Kier alpha value is -2.92. The monoisotopic (exact) mass is 432 g/mol. The lowest BCUT2D eigenvalue weighted by Crippen LogP contribution is -2.32. The van der Waals surface area contributed by atoms with E-state index in [2.05, 4.69) is 31.2 Å². The van der Waals surface area contributed by atoms with E-state index in [-0.39, 0.29) is 11.8 Å². The van der Waals surface area contributed by atoms with E-state index >= 15 is 0 Å². The van der Waals surface area contributed by atoms with E-state index in [9.17, 15) is 9.59 Å². The summed E-state index contributed by atoms with van der Waals surface area (Å²) >= 11 is 1.74. The molecule has 0 unspecified atom stereocenters. The minimum absolute atomic E-state index is 0.0470. The minimum Gasteiger partial charge on any atom is -0.338 e. The maximum Gasteiger partial charge on any atom is 0.254 e. The predicted molar refractivity (Wildman–Crippen MR) is 125 cm³/mol. The van der Waals surface area contributed by atoms with E-state index in [1.54, 1.807) is 11.3 Å². The summed E-state index contributed by atoms with van der Waals surface area (Å²) < 4.78 is 0. The van der Waals surface area contributed by atoms with Gasteiger partial charge in [0.1, 0.15) is 0 Å². The highest BCUT2D eigenvalue weighted by atomic mass is 32.1. The number of benzene rings is 2. The molecule has 0 radical (unpaired) electrons. The molecule has 4 rings (SSSR count). The van der Waals surface area contributed by atoms with Crippen LogP contribution in [0.4, 0.5) is 0 Å². The molecule has 160 valence electrons. The Morgan fingerprint density at radius 1 is 1.00 bits per heavy atom. The summed E-state index contributed by atoms with van der Waals surface area (Å²) in [5, 5.41) is 0. The Morgan fingerprint density at radius 2 is 1.77 bits per heavy atom. The van der Waals surface area contributed by atoms with Crippen LogP contribution in [-0.2, 0) is 24.3 Å². The lowest BCUT2D eigenvalue weighted by molar-refractivity contribution is -0.128. The lowest BCUT2D eigenvalue weighted by atomic mass is 10.1. The first-order chi connectivity index (χ1) is 15.1. The molecule has 0 bridgehead atoms. The summed E-state index contributed by atoms with van der Waals surface area (Å²) in [6.07, 6.45) is 2.41. The van der Waals surface area contributed by atoms with Crippen molar-refractivity contribution in [1.29, 1.82) is 0 Å². The molecule has 5 heteroatoms. The number of carbonyl (C=O) groups excluding carboxylic acids is 2. The lowest BCUT2D eigenvalue weighted by Gasteiger charge is -2.23. The summed E-state index contributed by atoms with van der Waals surface area (Å²) in [6, 6.07) is 22.2. The van der Waals surface area contributed by atoms with Crippen LogP contribution < -0.4 is 0 Å². The summed E-state index contributed by atoms with van der Waals surface area (Å²) in [4.78, 5) is 31.5. The van der Waals surface area contributed by atoms with Crippen molar-refractivity contribution in [3.05, 3.63) is 93.2 Å². The second kappa shape index (κ2) is 9.92. The predicted octanol–water partition coefficient (Wildman–Crippen LogP) is 5.06. The average molecular weight is 433 g/mol. The van der Waals surface area contributed by atoms with Gasteiger partial charge in [0.15, 0.2) is 0 Å². The van der Waals surface area contributed by atoms with Crippen molar-refractivity contribution in [3.8, 4) is 0 Å². The van der Waals surface area contributed by atoms with Crippen molar-refractivity contribution in [2.45, 2.75) is 39.3 Å². The SMILES string of the molecule is Cc1ccc(CN(CCc2ccccc2)C(=O)c2ccc(CN3CCCC3=O)cc2)s1. The van der Waals surface area contributed by atoms with Crippen LogP contribution in [0.5, 0.6) is 0 Å². The third kappa shape index (κ3) is 5.61. The topological polar surface area (TPSA) is 40.6 Å². The van der Waals surface area contributed by atoms with E-state index in [4.69, 9.17) is 0 Å². The first-order valence-electron chi connectivity index (χ1n) is 10.8. The quantitative estimate of drug-likeness (QED) is 0.499. The molecule has 1 fully saturated rings. The molecule has 2 amide bonds. The van der Waals surface area contributed by atoms with E-state index in [0.717, 1.165) is 24.9 Å². The summed E-state index contributed by atoms with van der Waals surface area (Å²) in [6.45, 7) is 4.83. The molecule has 2 heterocycles. The second-order valence-corrected chi connectivity index (χ2v) is 9.46. The van der Waals surface area contributed by atoms with E-state index in [0.29, 0.717) is 31.6 Å². The fraction of sp³-hybridized carbons (Fsp3) is 0.308. The molecule has 0 aliphatic carbocycles. The van der Waals surface area contributed by atoms with Crippen LogP contribution in [0.25, 0.3) is 0 Å². The van der Waals surface area contributed by atoms with Gasteiger partial charge in [-0.2, -0.15) is 0 Å². The molecule has 0 spiro atoms. The Bertz CT molecular complexity index is 1030. The molecule has 4 nitrogen and oxygen atoms in total. The molecule has 0 N–H and O–H groups in total. The fourth-order valence-electron chi connectivity index (χ4n) is 3.95. The highest BCUT2D eigenvalue weighted by Gasteiger charge is 2.21. The van der Waals surface area contributed by atoms with Gasteiger partial charge in [0.25, 0.3) is 5.91 Å². The average Bonchev–Trinajstić information content (AvgIpc) is 3.39. The summed E-state index contributed by atoms with van der Waals surface area (Å²) in [7, 11) is 0. The van der Waals surface area contributed by atoms with Gasteiger partial charge in [-0.05, 0) is 55.2 Å². The van der Waals surface area contributed by atoms with Crippen LogP contribution in [-0.4, -0.2) is 34.7 Å². The molecule has 31 heavy (non-hydrogen) atoms. The van der Waals surface area contributed by atoms with Crippen molar-refractivity contribution in [2.24, 2.45) is 0 Å². The molecule has 1 aliphatic heterocycles. The van der Waals surface area contributed by atoms with Gasteiger partial charge in [-0.3, -0.25) is 9.59 Å². The van der Waals surface area contributed by atoms with Gasteiger partial charge < -0.3 is 9.80 Å². The molecule has 0 saturated carbocycles. The van der Waals surface area contributed by atoms with Crippen molar-refractivity contribution >= 4 is 23.2 Å². The Balaban J connectivity index is 1.46. The maximum atomic E-state index is 13.4. The Kier molecular flexibility index (Phi) is 6.82. The van der Waals surface area contributed by atoms with Gasteiger partial charge in [-0.15, -0.1) is 11.3 Å². The third-order valence-corrected chi connectivity index (χ3v) is 6.67. The zero-order valence-electron chi connectivity index (χ0n) is 17.9.